The molecule has 0 radical (unpaired) electrons. The quantitative estimate of drug-likeness (QED) is 0.803. The van der Waals surface area contributed by atoms with Gasteiger partial charge >= 0.3 is 6.18 Å². The van der Waals surface area contributed by atoms with Gasteiger partial charge in [0.1, 0.15) is 5.75 Å². The van der Waals surface area contributed by atoms with Crippen molar-refractivity contribution in [2.45, 2.75) is 13.1 Å². The third kappa shape index (κ3) is 5.66. The van der Waals surface area contributed by atoms with E-state index < -0.39 is 35.8 Å². The number of halogens is 4. The monoisotopic (exact) mass is 386 g/mol. The maximum atomic E-state index is 13.2. The fourth-order valence-electron chi connectivity index (χ4n) is 2.03. The lowest BCUT2D eigenvalue weighted by Crippen LogP contribution is -2.22. The first kappa shape index (κ1) is 19.6. The maximum Gasteiger partial charge on any atom is 0.418 e. The number of nitrogens with one attached hydrogen (secondary N) is 2. The van der Waals surface area contributed by atoms with Crippen LogP contribution >= 0.6 is 11.6 Å². The van der Waals surface area contributed by atoms with Gasteiger partial charge in [-0.15, -0.1) is 0 Å². The summed E-state index contributed by atoms with van der Waals surface area (Å²) < 4.78 is 44.8. The Kier molecular flexibility index (Phi) is 6.10. The molecule has 0 atom stereocenters. The van der Waals surface area contributed by atoms with Crippen LogP contribution in [0.4, 0.5) is 24.5 Å². The second-order valence-corrected chi connectivity index (χ2v) is 5.67. The minimum atomic E-state index is -4.71. The fourth-order valence-corrected chi connectivity index (χ4v) is 2.16. The molecule has 2 aromatic rings. The molecule has 0 aromatic heterocycles. The maximum absolute atomic E-state index is 13.2. The van der Waals surface area contributed by atoms with Gasteiger partial charge in [-0.1, -0.05) is 11.6 Å². The third-order valence-corrected chi connectivity index (χ3v) is 3.35. The zero-order valence-corrected chi connectivity index (χ0v) is 14.2. The van der Waals surface area contributed by atoms with Gasteiger partial charge in [0.25, 0.3) is 5.91 Å². The molecule has 5 nitrogen and oxygen atoms in total. The molecule has 26 heavy (non-hydrogen) atoms. The van der Waals surface area contributed by atoms with Gasteiger partial charge in [-0.3, -0.25) is 9.59 Å². The van der Waals surface area contributed by atoms with Gasteiger partial charge in [-0.2, -0.15) is 13.2 Å². The molecule has 0 aliphatic heterocycles. The molecule has 2 rings (SSSR count). The highest BCUT2D eigenvalue weighted by Crippen LogP contribution is 2.36. The highest BCUT2D eigenvalue weighted by atomic mass is 35.5. The van der Waals surface area contributed by atoms with E-state index in [0.717, 1.165) is 12.1 Å². The number of hydrogen-bond acceptors (Lipinski definition) is 3. The zero-order valence-electron chi connectivity index (χ0n) is 13.5. The molecule has 0 aliphatic carbocycles. The average Bonchev–Trinajstić information content (AvgIpc) is 2.54. The molecule has 2 aromatic carbocycles. The van der Waals surface area contributed by atoms with Gasteiger partial charge in [0.15, 0.2) is 6.61 Å². The minimum Gasteiger partial charge on any atom is -0.484 e. The molecule has 9 heteroatoms. The van der Waals surface area contributed by atoms with Crippen LogP contribution in [0.3, 0.4) is 0 Å². The fraction of sp³-hybridized carbons (Fsp3) is 0.176. The molecular formula is C17H14ClF3N2O3. The van der Waals surface area contributed by atoms with Crippen molar-refractivity contribution >= 4 is 34.8 Å². The Balaban J connectivity index is 2.10. The van der Waals surface area contributed by atoms with Crippen LogP contribution in [-0.4, -0.2) is 18.4 Å². The van der Waals surface area contributed by atoms with Gasteiger partial charge in [0.05, 0.1) is 11.3 Å². The molecule has 0 saturated carbocycles. The van der Waals surface area contributed by atoms with E-state index in [1.165, 1.54) is 25.1 Å². The number of rotatable bonds is 5. The van der Waals surface area contributed by atoms with Crippen LogP contribution in [0.1, 0.15) is 12.5 Å². The Morgan fingerprint density at radius 1 is 1.08 bits per heavy atom. The third-order valence-electron chi connectivity index (χ3n) is 3.10. The average molecular weight is 387 g/mol. The summed E-state index contributed by atoms with van der Waals surface area (Å²) in [5.74, 6) is -0.925. The Labute approximate surface area is 152 Å². The van der Waals surface area contributed by atoms with Gasteiger partial charge in [0.2, 0.25) is 5.91 Å². The molecule has 0 bridgehead atoms. The van der Waals surface area contributed by atoms with Gasteiger partial charge in [-0.05, 0) is 42.5 Å². The van der Waals surface area contributed by atoms with Crippen LogP contribution < -0.4 is 15.4 Å². The number of carbonyl (C=O) groups excluding carboxylic acids is 2. The second kappa shape index (κ2) is 8.09. The number of ether oxygens (including phenoxy) is 1. The van der Waals surface area contributed by atoms with Gasteiger partial charge in [0, 0.05) is 17.6 Å². The normalized spacial score (nSPS) is 11.0. The van der Waals surface area contributed by atoms with Crippen molar-refractivity contribution < 1.29 is 27.5 Å². The summed E-state index contributed by atoms with van der Waals surface area (Å²) in [6.07, 6.45) is -4.71. The summed E-state index contributed by atoms with van der Waals surface area (Å²) in [4.78, 5) is 22.9. The van der Waals surface area contributed by atoms with Crippen molar-refractivity contribution in [3.63, 3.8) is 0 Å². The van der Waals surface area contributed by atoms with E-state index in [1.807, 2.05) is 0 Å². The lowest BCUT2D eigenvalue weighted by molar-refractivity contribution is -0.137. The topological polar surface area (TPSA) is 67.4 Å². The first-order chi connectivity index (χ1) is 12.1. The number of alkyl halides is 3. The molecule has 0 spiro atoms. The molecule has 0 heterocycles. The van der Waals surface area contributed by atoms with Gasteiger partial charge in [-0.25, -0.2) is 0 Å². The second-order valence-electron chi connectivity index (χ2n) is 5.23. The van der Waals surface area contributed by atoms with Crippen molar-refractivity contribution in [3.8, 4) is 5.75 Å². The summed E-state index contributed by atoms with van der Waals surface area (Å²) in [5, 5.41) is 4.90. The predicted molar refractivity (Wildman–Crippen MR) is 91.3 cm³/mol. The van der Waals surface area contributed by atoms with E-state index in [4.69, 9.17) is 16.3 Å². The number of amides is 2. The smallest absolute Gasteiger partial charge is 0.418 e. The predicted octanol–water partition coefficient (Wildman–Crippen LogP) is 4.33. The van der Waals surface area contributed by atoms with Crippen LogP contribution in [-0.2, 0) is 15.8 Å². The summed E-state index contributed by atoms with van der Waals surface area (Å²) in [6, 6.07) is 9.23. The Morgan fingerprint density at radius 3 is 2.31 bits per heavy atom. The number of benzene rings is 2. The van der Waals surface area contributed by atoms with Gasteiger partial charge < -0.3 is 15.4 Å². The minimum absolute atomic E-state index is 0.0276. The first-order valence-corrected chi connectivity index (χ1v) is 7.70. The molecule has 0 saturated heterocycles. The summed E-state index contributed by atoms with van der Waals surface area (Å²) in [6.45, 7) is 0.698. The largest absolute Gasteiger partial charge is 0.484 e. The lowest BCUT2D eigenvalue weighted by Gasteiger charge is -2.15. The number of hydrogen-bond donors (Lipinski definition) is 2. The van der Waals surface area contributed by atoms with E-state index >= 15 is 0 Å². The van der Waals surface area contributed by atoms with E-state index in [1.54, 1.807) is 12.1 Å². The highest BCUT2D eigenvalue weighted by molar-refractivity contribution is 6.30. The van der Waals surface area contributed by atoms with Crippen LogP contribution in [0.2, 0.25) is 5.02 Å². The Hall–Kier alpha value is -2.74. The van der Waals surface area contributed by atoms with E-state index in [0.29, 0.717) is 10.8 Å². The molecular weight excluding hydrogens is 373 g/mol. The van der Waals surface area contributed by atoms with Crippen molar-refractivity contribution in [1.29, 1.82) is 0 Å². The highest BCUT2D eigenvalue weighted by Gasteiger charge is 2.34. The molecule has 0 fully saturated rings. The SMILES string of the molecule is CC(=O)Nc1ccc(NC(=O)COc2ccc(Cl)cc2)c(C(F)(F)F)c1. The summed E-state index contributed by atoms with van der Waals surface area (Å²) in [7, 11) is 0. The lowest BCUT2D eigenvalue weighted by atomic mass is 10.1. The van der Waals surface area contributed by atoms with Crippen LogP contribution in [0.5, 0.6) is 5.75 Å². The van der Waals surface area contributed by atoms with E-state index in [2.05, 4.69) is 10.6 Å². The Bertz CT molecular complexity index is 808. The molecule has 0 aliphatic rings. The summed E-state index contributed by atoms with van der Waals surface area (Å²) >= 11 is 5.72. The first-order valence-electron chi connectivity index (χ1n) is 7.32. The van der Waals surface area contributed by atoms with Crippen molar-refractivity contribution in [3.05, 3.63) is 53.1 Å². The van der Waals surface area contributed by atoms with E-state index in [9.17, 15) is 22.8 Å². The molecule has 0 unspecified atom stereocenters. The van der Waals surface area contributed by atoms with Crippen molar-refractivity contribution in [1.82, 2.24) is 0 Å². The molecule has 2 amide bonds. The zero-order chi connectivity index (χ0) is 19.3. The van der Waals surface area contributed by atoms with Crippen LogP contribution in [0.15, 0.2) is 42.5 Å². The van der Waals surface area contributed by atoms with Crippen LogP contribution in [0, 0.1) is 0 Å². The van der Waals surface area contributed by atoms with Crippen molar-refractivity contribution in [2.24, 2.45) is 0 Å². The summed E-state index contributed by atoms with van der Waals surface area (Å²) in [5.41, 5.74) is -1.54. The Morgan fingerprint density at radius 2 is 1.73 bits per heavy atom. The number of carbonyl (C=O) groups is 2. The van der Waals surface area contributed by atoms with Crippen LogP contribution in [0.25, 0.3) is 0 Å². The number of anilines is 2. The standard InChI is InChI=1S/C17H14ClF3N2O3/c1-10(24)22-12-4-7-15(14(8-12)17(19,20)21)23-16(25)9-26-13-5-2-11(18)3-6-13/h2-8H,9H2,1H3,(H,22,24)(H,23,25). The van der Waals surface area contributed by atoms with Crippen molar-refractivity contribution in [2.75, 3.05) is 17.2 Å². The molecule has 2 N–H and O–H groups in total. The van der Waals surface area contributed by atoms with E-state index in [-0.39, 0.29) is 5.69 Å². The molecule has 138 valence electrons.